The molecule has 0 spiro atoms. The largest absolute Gasteiger partial charge is 0.444 e. The van der Waals surface area contributed by atoms with E-state index in [2.05, 4.69) is 28.1 Å². The molecule has 5 nitrogen and oxygen atoms in total. The van der Waals surface area contributed by atoms with E-state index in [9.17, 15) is 4.79 Å². The minimum Gasteiger partial charge on any atom is -0.444 e. The highest BCUT2D eigenvalue weighted by atomic mass is 16.6. The summed E-state index contributed by atoms with van der Waals surface area (Å²) in [5.41, 5.74) is 3.30. The molecule has 0 unspecified atom stereocenters. The Bertz CT molecular complexity index is 817. The second-order valence-corrected chi connectivity index (χ2v) is 7.86. The Hall–Kier alpha value is -2.40. The van der Waals surface area contributed by atoms with Gasteiger partial charge < -0.3 is 4.74 Å². The number of pyridine rings is 1. The zero-order chi connectivity index (χ0) is 18.2. The van der Waals surface area contributed by atoms with Crippen molar-refractivity contribution in [2.24, 2.45) is 5.92 Å². The lowest BCUT2D eigenvalue weighted by Gasteiger charge is -2.45. The molecule has 1 aromatic heterocycles. The Morgan fingerprint density at radius 1 is 1.04 bits per heavy atom. The first-order valence-corrected chi connectivity index (χ1v) is 9.98. The van der Waals surface area contributed by atoms with Crippen LogP contribution in [0.4, 0.5) is 4.79 Å². The number of hydrogen-bond donors (Lipinski definition) is 0. The molecular weight excluding hydrogens is 338 g/mol. The Morgan fingerprint density at radius 3 is 2.59 bits per heavy atom. The van der Waals surface area contributed by atoms with E-state index in [0.717, 1.165) is 55.7 Å². The van der Waals surface area contributed by atoms with E-state index >= 15 is 0 Å². The Morgan fingerprint density at radius 2 is 1.85 bits per heavy atom. The van der Waals surface area contributed by atoms with Crippen LogP contribution in [0.1, 0.15) is 35.7 Å². The molecule has 1 aromatic carbocycles. The molecule has 3 fully saturated rings. The van der Waals surface area contributed by atoms with Crippen molar-refractivity contribution in [1.82, 2.24) is 14.8 Å². The fourth-order valence-electron chi connectivity index (χ4n) is 4.86. The molecule has 0 aliphatic carbocycles. The Labute approximate surface area is 159 Å². The van der Waals surface area contributed by atoms with E-state index in [0.29, 0.717) is 12.5 Å². The van der Waals surface area contributed by atoms with Gasteiger partial charge in [-0.2, -0.15) is 0 Å². The molecule has 3 saturated heterocycles. The number of rotatable bonds is 2. The molecule has 6 rings (SSSR count). The van der Waals surface area contributed by atoms with Gasteiger partial charge >= 0.3 is 6.09 Å². The summed E-state index contributed by atoms with van der Waals surface area (Å²) in [6.45, 7) is 3.82. The molecule has 140 valence electrons. The molecule has 4 aliphatic rings. The molecule has 5 heterocycles. The zero-order valence-corrected chi connectivity index (χ0v) is 15.5. The van der Waals surface area contributed by atoms with Gasteiger partial charge in [0.2, 0.25) is 0 Å². The first kappa shape index (κ1) is 16.8. The van der Waals surface area contributed by atoms with Crippen molar-refractivity contribution in [3.63, 3.8) is 0 Å². The van der Waals surface area contributed by atoms with Crippen molar-refractivity contribution in [2.45, 2.75) is 31.4 Å². The molecule has 2 atom stereocenters. The van der Waals surface area contributed by atoms with Gasteiger partial charge in [0.15, 0.2) is 0 Å². The van der Waals surface area contributed by atoms with Crippen LogP contribution in [0.3, 0.4) is 0 Å². The third kappa shape index (κ3) is 3.10. The van der Waals surface area contributed by atoms with Gasteiger partial charge in [-0.1, -0.05) is 36.4 Å². The van der Waals surface area contributed by atoms with Crippen molar-refractivity contribution < 1.29 is 9.53 Å². The average Bonchev–Trinajstić information content (AvgIpc) is 2.74. The fourth-order valence-corrected chi connectivity index (χ4v) is 4.86. The third-order valence-electron chi connectivity index (χ3n) is 6.32. The number of carbonyl (C=O) groups excluding carboxylic acids is 1. The number of nitrogens with zero attached hydrogens (tertiary/aromatic N) is 3. The van der Waals surface area contributed by atoms with Crippen molar-refractivity contribution in [3.05, 3.63) is 65.5 Å². The van der Waals surface area contributed by atoms with E-state index < -0.39 is 0 Å². The predicted octanol–water partition coefficient (Wildman–Crippen LogP) is 3.26. The van der Waals surface area contributed by atoms with Gasteiger partial charge in [0, 0.05) is 37.0 Å². The first-order valence-electron chi connectivity index (χ1n) is 9.98. The summed E-state index contributed by atoms with van der Waals surface area (Å²) in [7, 11) is 0. The smallest absolute Gasteiger partial charge is 0.410 e. The third-order valence-corrected chi connectivity index (χ3v) is 6.32. The average molecular weight is 363 g/mol. The summed E-state index contributed by atoms with van der Waals surface area (Å²) in [4.78, 5) is 22.1. The number of amides is 1. The van der Waals surface area contributed by atoms with Gasteiger partial charge in [-0.05, 0) is 43.5 Å². The second kappa shape index (κ2) is 6.97. The van der Waals surface area contributed by atoms with Crippen molar-refractivity contribution in [3.8, 4) is 0 Å². The van der Waals surface area contributed by atoms with Crippen LogP contribution in [0.2, 0.25) is 0 Å². The number of carbonyl (C=O) groups is 1. The van der Waals surface area contributed by atoms with E-state index in [1.54, 1.807) is 0 Å². The number of benzene rings is 1. The number of fused-ring (bicyclic) bond motifs is 4. The monoisotopic (exact) mass is 363 g/mol. The quantitative estimate of drug-likeness (QED) is 0.822. The summed E-state index contributed by atoms with van der Waals surface area (Å²) in [6.07, 6.45) is 4.75. The fraction of sp³-hybridized carbons (Fsp3) is 0.455. The van der Waals surface area contributed by atoms with Crippen LogP contribution in [0.15, 0.2) is 48.7 Å². The van der Waals surface area contributed by atoms with Gasteiger partial charge in [-0.25, -0.2) is 4.79 Å². The van der Waals surface area contributed by atoms with E-state index in [-0.39, 0.29) is 18.2 Å². The van der Waals surface area contributed by atoms with Crippen LogP contribution < -0.4 is 0 Å². The van der Waals surface area contributed by atoms with Gasteiger partial charge in [0.1, 0.15) is 6.10 Å². The molecule has 0 saturated carbocycles. The molecule has 2 bridgehead atoms. The van der Waals surface area contributed by atoms with Crippen molar-refractivity contribution >= 4 is 6.09 Å². The maximum Gasteiger partial charge on any atom is 0.410 e. The summed E-state index contributed by atoms with van der Waals surface area (Å²) in [5.74, 6) is 0.521. The van der Waals surface area contributed by atoms with Crippen LogP contribution >= 0.6 is 0 Å². The standard InChI is InChI=1S/C22H25N3O2/c26-22(27-20-15-24-12-8-16(20)9-13-24)25-14-10-19-18(7-4-11-23-19)21(25)17-5-2-1-3-6-17/h1-7,11,16,20-21H,8-10,12-15H2/t20-,21+/m1/s1. The van der Waals surface area contributed by atoms with Crippen molar-refractivity contribution in [2.75, 3.05) is 26.2 Å². The minimum absolute atomic E-state index is 0.0340. The molecule has 27 heavy (non-hydrogen) atoms. The molecular formula is C22H25N3O2. The van der Waals surface area contributed by atoms with Gasteiger partial charge in [0.25, 0.3) is 0 Å². The van der Waals surface area contributed by atoms with Gasteiger partial charge in [0.05, 0.1) is 6.04 Å². The number of aromatic nitrogens is 1. The normalized spacial score (nSPS) is 29.3. The molecule has 5 heteroatoms. The minimum atomic E-state index is -0.183. The lowest BCUT2D eigenvalue weighted by molar-refractivity contribution is -0.0463. The first-order chi connectivity index (χ1) is 13.3. The topological polar surface area (TPSA) is 45.7 Å². The molecule has 4 aliphatic heterocycles. The zero-order valence-electron chi connectivity index (χ0n) is 15.5. The summed E-state index contributed by atoms with van der Waals surface area (Å²) >= 11 is 0. The number of ether oxygens (including phenoxy) is 1. The molecule has 2 aromatic rings. The van der Waals surface area contributed by atoms with Crippen LogP contribution in [-0.4, -0.2) is 53.2 Å². The maximum atomic E-state index is 13.2. The lowest BCUT2D eigenvalue weighted by Crippen LogP contribution is -2.53. The summed E-state index contributed by atoms with van der Waals surface area (Å²) in [6, 6.07) is 14.1. The number of hydrogen-bond acceptors (Lipinski definition) is 4. The molecule has 1 amide bonds. The number of piperidine rings is 3. The Kier molecular flexibility index (Phi) is 4.32. The molecule has 0 radical (unpaired) electrons. The van der Waals surface area contributed by atoms with E-state index in [1.165, 1.54) is 0 Å². The summed E-state index contributed by atoms with van der Waals surface area (Å²) < 4.78 is 6.06. The SMILES string of the molecule is O=C(O[C@@H]1CN2CCC1CC2)N1CCc2ncccc2[C@@H]1c1ccccc1. The molecule has 0 N–H and O–H groups in total. The van der Waals surface area contributed by atoms with Crippen LogP contribution in [-0.2, 0) is 11.2 Å². The summed E-state index contributed by atoms with van der Waals surface area (Å²) in [5, 5.41) is 0. The lowest BCUT2D eigenvalue weighted by atomic mass is 9.86. The van der Waals surface area contributed by atoms with E-state index in [4.69, 9.17) is 4.74 Å². The Balaban J connectivity index is 1.43. The second-order valence-electron chi connectivity index (χ2n) is 7.86. The van der Waals surface area contributed by atoms with Crippen LogP contribution in [0.25, 0.3) is 0 Å². The van der Waals surface area contributed by atoms with Crippen molar-refractivity contribution in [1.29, 1.82) is 0 Å². The van der Waals surface area contributed by atoms with Crippen LogP contribution in [0.5, 0.6) is 0 Å². The van der Waals surface area contributed by atoms with Gasteiger partial charge in [-0.15, -0.1) is 0 Å². The van der Waals surface area contributed by atoms with Crippen LogP contribution in [0, 0.1) is 5.92 Å². The highest BCUT2D eigenvalue weighted by Crippen LogP contribution is 2.36. The maximum absolute atomic E-state index is 13.2. The highest BCUT2D eigenvalue weighted by molar-refractivity contribution is 5.70. The highest BCUT2D eigenvalue weighted by Gasteiger charge is 2.39. The van der Waals surface area contributed by atoms with Gasteiger partial charge in [-0.3, -0.25) is 14.8 Å². The predicted molar refractivity (Wildman–Crippen MR) is 102 cm³/mol. The van der Waals surface area contributed by atoms with E-state index in [1.807, 2.05) is 35.4 Å².